The fourth-order valence-electron chi connectivity index (χ4n) is 1.91. The van der Waals surface area contributed by atoms with Crippen LogP contribution >= 0.6 is 15.9 Å². The van der Waals surface area contributed by atoms with Gasteiger partial charge in [-0.3, -0.25) is 14.9 Å². The van der Waals surface area contributed by atoms with E-state index in [0.717, 1.165) is 12.8 Å². The first kappa shape index (κ1) is 13.8. The van der Waals surface area contributed by atoms with E-state index in [0.29, 0.717) is 12.0 Å². The topological polar surface area (TPSA) is 60.2 Å². The van der Waals surface area contributed by atoms with Crippen LogP contribution in [0.3, 0.4) is 0 Å². The van der Waals surface area contributed by atoms with E-state index in [-0.39, 0.29) is 16.3 Å². The third-order valence-electron chi connectivity index (χ3n) is 2.62. The Bertz CT molecular complexity index is 420. The molecule has 0 aliphatic heterocycles. The Morgan fingerprint density at radius 1 is 1.47 bits per heavy atom. The molecule has 1 aromatic carbocycles. The van der Waals surface area contributed by atoms with Crippen LogP contribution in [0.2, 0.25) is 0 Å². The molecule has 0 fully saturated rings. The van der Waals surface area contributed by atoms with Gasteiger partial charge in [0.25, 0.3) is 5.69 Å². The van der Waals surface area contributed by atoms with Gasteiger partial charge in [-0.05, 0) is 28.3 Å². The lowest BCUT2D eigenvalue weighted by molar-refractivity contribution is -0.385. The molecule has 0 saturated carbocycles. The predicted molar refractivity (Wildman–Crippen MR) is 69.3 cm³/mol. The van der Waals surface area contributed by atoms with Crippen molar-refractivity contribution >= 4 is 26.3 Å². The minimum absolute atomic E-state index is 0.0894. The number of carbonyl (C=O) groups excluding carboxylic acids is 1. The number of halogens is 1. The van der Waals surface area contributed by atoms with Gasteiger partial charge in [0.15, 0.2) is 4.69 Å². The van der Waals surface area contributed by atoms with Gasteiger partial charge in [0.05, 0.1) is 4.92 Å². The van der Waals surface area contributed by atoms with Crippen LogP contribution in [0.25, 0.3) is 0 Å². The van der Waals surface area contributed by atoms with Gasteiger partial charge in [-0.15, -0.1) is 0 Å². The third kappa shape index (κ3) is 3.93. The molecule has 0 aromatic heterocycles. The lowest BCUT2D eigenvalue weighted by Gasteiger charge is -2.14. The molecule has 1 aromatic rings. The molecular weight excluding hydrogens is 286 g/mol. The van der Waals surface area contributed by atoms with E-state index in [4.69, 9.17) is 0 Å². The zero-order chi connectivity index (χ0) is 12.8. The molecule has 0 N–H and O–H groups in total. The summed E-state index contributed by atoms with van der Waals surface area (Å²) in [6, 6.07) is 6.62. The Morgan fingerprint density at radius 3 is 2.65 bits per heavy atom. The SMILES string of the molecule is CCCC(CC(=O)Br)c1ccccc1[N+](=O)[O-]. The van der Waals surface area contributed by atoms with Gasteiger partial charge in [-0.1, -0.05) is 31.5 Å². The highest BCUT2D eigenvalue weighted by molar-refractivity contribution is 9.18. The van der Waals surface area contributed by atoms with E-state index >= 15 is 0 Å². The number of hydrogen-bond acceptors (Lipinski definition) is 3. The molecule has 1 rings (SSSR count). The number of nitrogens with zero attached hydrogens (tertiary/aromatic N) is 1. The largest absolute Gasteiger partial charge is 0.287 e. The van der Waals surface area contributed by atoms with Crippen molar-refractivity contribution in [3.63, 3.8) is 0 Å². The highest BCUT2D eigenvalue weighted by Crippen LogP contribution is 2.32. The lowest BCUT2D eigenvalue weighted by atomic mass is 9.91. The van der Waals surface area contributed by atoms with Crippen molar-refractivity contribution in [2.75, 3.05) is 0 Å². The second kappa shape index (κ2) is 6.49. The molecular formula is C12H14BrNO3. The normalized spacial score (nSPS) is 12.1. The summed E-state index contributed by atoms with van der Waals surface area (Å²) in [7, 11) is 0. The fourth-order valence-corrected chi connectivity index (χ4v) is 2.30. The Balaban J connectivity index is 3.08. The molecule has 0 bridgehead atoms. The highest BCUT2D eigenvalue weighted by Gasteiger charge is 2.22. The van der Waals surface area contributed by atoms with Crippen molar-refractivity contribution in [2.45, 2.75) is 32.1 Å². The molecule has 0 aliphatic carbocycles. The molecule has 1 atom stereocenters. The van der Waals surface area contributed by atoms with Gasteiger partial charge in [-0.2, -0.15) is 0 Å². The van der Waals surface area contributed by atoms with Gasteiger partial charge in [-0.25, -0.2) is 0 Å². The average Bonchev–Trinajstić information content (AvgIpc) is 2.28. The smallest absolute Gasteiger partial charge is 0.272 e. The maximum Gasteiger partial charge on any atom is 0.272 e. The Hall–Kier alpha value is -1.23. The number of carbonyl (C=O) groups is 1. The molecule has 0 amide bonds. The van der Waals surface area contributed by atoms with E-state index < -0.39 is 4.92 Å². The number of rotatable bonds is 6. The van der Waals surface area contributed by atoms with Crippen molar-refractivity contribution in [3.05, 3.63) is 39.9 Å². The molecule has 17 heavy (non-hydrogen) atoms. The van der Waals surface area contributed by atoms with Crippen LogP contribution in [0.4, 0.5) is 5.69 Å². The van der Waals surface area contributed by atoms with Crippen LogP contribution in [0.15, 0.2) is 24.3 Å². The molecule has 4 nitrogen and oxygen atoms in total. The number of nitro benzene ring substituents is 1. The number of hydrogen-bond donors (Lipinski definition) is 0. The van der Waals surface area contributed by atoms with E-state index in [9.17, 15) is 14.9 Å². The van der Waals surface area contributed by atoms with Crippen molar-refractivity contribution in [1.29, 1.82) is 0 Å². The first-order valence-electron chi connectivity index (χ1n) is 5.48. The Labute approximate surface area is 108 Å². The summed E-state index contributed by atoms with van der Waals surface area (Å²) >= 11 is 2.90. The predicted octanol–water partition coefficient (Wildman–Crippen LogP) is 3.79. The Kier molecular flexibility index (Phi) is 5.28. The van der Waals surface area contributed by atoms with Crippen LogP contribution in [0, 0.1) is 10.1 Å². The summed E-state index contributed by atoms with van der Waals surface area (Å²) in [6.45, 7) is 2.00. The first-order chi connectivity index (χ1) is 8.06. The van der Waals surface area contributed by atoms with Gasteiger partial charge in [0.2, 0.25) is 0 Å². The summed E-state index contributed by atoms with van der Waals surface area (Å²) in [4.78, 5) is 21.7. The summed E-state index contributed by atoms with van der Waals surface area (Å²) in [5.74, 6) is -0.0894. The maximum atomic E-state index is 11.1. The second-order valence-corrected chi connectivity index (χ2v) is 4.75. The average molecular weight is 300 g/mol. The van der Waals surface area contributed by atoms with Crippen LogP contribution in [0.1, 0.15) is 37.7 Å². The van der Waals surface area contributed by atoms with Crippen LogP contribution < -0.4 is 0 Å². The molecule has 92 valence electrons. The number of benzene rings is 1. The van der Waals surface area contributed by atoms with Crippen molar-refractivity contribution in [1.82, 2.24) is 0 Å². The minimum Gasteiger partial charge on any atom is -0.287 e. The van der Waals surface area contributed by atoms with Gasteiger partial charge in [0, 0.05) is 18.1 Å². The van der Waals surface area contributed by atoms with Crippen LogP contribution in [0.5, 0.6) is 0 Å². The third-order valence-corrected chi connectivity index (χ3v) is 2.94. The Morgan fingerprint density at radius 2 is 2.12 bits per heavy atom. The highest BCUT2D eigenvalue weighted by atomic mass is 79.9. The van der Waals surface area contributed by atoms with Crippen molar-refractivity contribution < 1.29 is 9.72 Å². The van der Waals surface area contributed by atoms with E-state index in [1.165, 1.54) is 6.07 Å². The number of nitro groups is 1. The molecule has 0 radical (unpaired) electrons. The quantitative estimate of drug-likeness (QED) is 0.456. The lowest BCUT2D eigenvalue weighted by Crippen LogP contribution is -2.05. The van der Waals surface area contributed by atoms with Gasteiger partial charge >= 0.3 is 0 Å². The standard InChI is InChI=1S/C12H14BrNO3/c1-2-5-9(8-12(13)15)10-6-3-4-7-11(10)14(16)17/h3-4,6-7,9H,2,5,8H2,1H3. The van der Waals surface area contributed by atoms with Crippen LogP contribution in [-0.2, 0) is 4.79 Å². The molecule has 0 saturated heterocycles. The van der Waals surface area contributed by atoms with Gasteiger partial charge < -0.3 is 0 Å². The molecule has 0 aliphatic rings. The first-order valence-corrected chi connectivity index (χ1v) is 6.27. The monoisotopic (exact) mass is 299 g/mol. The van der Waals surface area contributed by atoms with E-state index in [2.05, 4.69) is 15.9 Å². The molecule has 0 heterocycles. The summed E-state index contributed by atoms with van der Waals surface area (Å²) in [5.41, 5.74) is 0.742. The molecule has 5 heteroatoms. The summed E-state index contributed by atoms with van der Waals surface area (Å²) in [5, 5.41) is 10.9. The minimum atomic E-state index is -0.392. The van der Waals surface area contributed by atoms with Gasteiger partial charge in [0.1, 0.15) is 0 Å². The van der Waals surface area contributed by atoms with Crippen molar-refractivity contribution in [2.24, 2.45) is 0 Å². The fraction of sp³-hybridized carbons (Fsp3) is 0.417. The van der Waals surface area contributed by atoms with Crippen LogP contribution in [-0.4, -0.2) is 9.62 Å². The molecule has 0 spiro atoms. The van der Waals surface area contributed by atoms with Crippen molar-refractivity contribution in [3.8, 4) is 0 Å². The second-order valence-electron chi connectivity index (χ2n) is 3.86. The zero-order valence-corrected chi connectivity index (χ0v) is 11.1. The van der Waals surface area contributed by atoms with E-state index in [1.807, 2.05) is 6.92 Å². The summed E-state index contributed by atoms with van der Waals surface area (Å²) < 4.78 is -0.117. The van der Waals surface area contributed by atoms with E-state index in [1.54, 1.807) is 18.2 Å². The maximum absolute atomic E-state index is 11.1. The zero-order valence-electron chi connectivity index (χ0n) is 9.56. The molecule has 1 unspecified atom stereocenters. The number of para-hydroxylation sites is 1. The summed E-state index contributed by atoms with van der Waals surface area (Å²) in [6.07, 6.45) is 1.94.